The first-order valence-electron chi connectivity index (χ1n) is 5.19. The summed E-state index contributed by atoms with van der Waals surface area (Å²) in [7, 11) is 0. The Morgan fingerprint density at radius 2 is 1.94 bits per heavy atom. The van der Waals surface area contributed by atoms with Crippen molar-refractivity contribution < 1.29 is 9.53 Å². The molecule has 0 spiro atoms. The molecule has 0 saturated heterocycles. The third-order valence-electron chi connectivity index (χ3n) is 1.84. The maximum absolute atomic E-state index is 11.6. The Bertz CT molecular complexity index is 354. The first-order chi connectivity index (χ1) is 7.43. The summed E-state index contributed by atoms with van der Waals surface area (Å²) in [5.41, 5.74) is 0.141. The van der Waals surface area contributed by atoms with E-state index >= 15 is 0 Å². The van der Waals surface area contributed by atoms with Crippen molar-refractivity contribution in [3.63, 3.8) is 0 Å². The Kier molecular flexibility index (Phi) is 3.82. The Labute approximate surface area is 95.3 Å². The molecule has 88 valence electrons. The van der Waals surface area contributed by atoms with Crippen molar-refractivity contribution in [1.29, 1.82) is 0 Å². The van der Waals surface area contributed by atoms with Crippen molar-refractivity contribution in [2.45, 2.75) is 27.7 Å². The molecule has 16 heavy (non-hydrogen) atoms. The molecule has 1 aromatic heterocycles. The molecule has 0 aliphatic heterocycles. The Morgan fingerprint density at radius 3 is 2.38 bits per heavy atom. The van der Waals surface area contributed by atoms with Crippen LogP contribution in [0.1, 0.15) is 27.7 Å². The number of anilines is 1. The molecule has 1 heterocycles. The lowest BCUT2D eigenvalue weighted by Crippen LogP contribution is -2.27. The molecule has 0 aromatic carbocycles. The smallest absolute Gasteiger partial charge is 0.316 e. The van der Waals surface area contributed by atoms with Crippen LogP contribution < -0.4 is 10.1 Å². The number of nitrogens with one attached hydrogen (secondary N) is 1. The number of amides is 1. The second-order valence-corrected chi connectivity index (χ2v) is 4.39. The zero-order valence-corrected chi connectivity index (χ0v) is 10.1. The summed E-state index contributed by atoms with van der Waals surface area (Å²) in [5.74, 6) is -0.0692. The molecular weight excluding hydrogens is 206 g/mol. The molecule has 0 fully saturated rings. The first kappa shape index (κ1) is 12.4. The molecule has 0 aliphatic carbocycles. The summed E-state index contributed by atoms with van der Waals surface area (Å²) in [6, 6.07) is 0.316. The topological polar surface area (TPSA) is 64.1 Å². The van der Waals surface area contributed by atoms with Gasteiger partial charge in [-0.15, -0.1) is 0 Å². The average Bonchev–Trinajstić information content (AvgIpc) is 2.20. The van der Waals surface area contributed by atoms with Gasteiger partial charge in [-0.05, 0) is 6.92 Å². The summed E-state index contributed by atoms with van der Waals surface area (Å²) in [4.78, 5) is 19.6. The molecule has 1 N–H and O–H groups in total. The molecule has 0 aliphatic rings. The van der Waals surface area contributed by atoms with Gasteiger partial charge in [0.2, 0.25) is 5.91 Å². The SMILES string of the molecule is CCOc1ncc(NC(=O)C(C)(C)C)cn1. The Morgan fingerprint density at radius 1 is 1.38 bits per heavy atom. The monoisotopic (exact) mass is 223 g/mol. The molecule has 1 amide bonds. The van der Waals surface area contributed by atoms with Crippen molar-refractivity contribution in [3.8, 4) is 6.01 Å². The van der Waals surface area contributed by atoms with E-state index in [0.29, 0.717) is 18.3 Å². The van der Waals surface area contributed by atoms with Crippen LogP contribution in [0.5, 0.6) is 6.01 Å². The molecular formula is C11H17N3O2. The van der Waals surface area contributed by atoms with Gasteiger partial charge >= 0.3 is 6.01 Å². The van der Waals surface area contributed by atoms with Crippen LogP contribution in [-0.2, 0) is 4.79 Å². The lowest BCUT2D eigenvalue weighted by molar-refractivity contribution is -0.123. The highest BCUT2D eigenvalue weighted by Crippen LogP contribution is 2.16. The van der Waals surface area contributed by atoms with E-state index in [0.717, 1.165) is 0 Å². The molecule has 1 rings (SSSR count). The van der Waals surface area contributed by atoms with Gasteiger partial charge in [0.1, 0.15) is 0 Å². The number of hydrogen-bond acceptors (Lipinski definition) is 4. The molecule has 5 nitrogen and oxygen atoms in total. The van der Waals surface area contributed by atoms with Crippen molar-refractivity contribution in [2.24, 2.45) is 5.41 Å². The molecule has 0 unspecified atom stereocenters. The van der Waals surface area contributed by atoms with Gasteiger partial charge in [-0.1, -0.05) is 20.8 Å². The number of hydrogen-bond donors (Lipinski definition) is 1. The number of aromatic nitrogens is 2. The van der Waals surface area contributed by atoms with Crippen LogP contribution in [0.25, 0.3) is 0 Å². The third-order valence-corrected chi connectivity index (χ3v) is 1.84. The maximum atomic E-state index is 11.6. The fraction of sp³-hybridized carbons (Fsp3) is 0.545. The maximum Gasteiger partial charge on any atom is 0.316 e. The fourth-order valence-corrected chi connectivity index (χ4v) is 0.903. The van der Waals surface area contributed by atoms with Crippen LogP contribution in [0.2, 0.25) is 0 Å². The van der Waals surface area contributed by atoms with Crippen molar-refractivity contribution in [2.75, 3.05) is 11.9 Å². The number of ether oxygens (including phenoxy) is 1. The quantitative estimate of drug-likeness (QED) is 0.849. The largest absolute Gasteiger partial charge is 0.464 e. The molecule has 5 heteroatoms. The highest BCUT2D eigenvalue weighted by atomic mass is 16.5. The van der Waals surface area contributed by atoms with E-state index in [-0.39, 0.29) is 5.91 Å². The van der Waals surface area contributed by atoms with E-state index in [9.17, 15) is 4.79 Å². The second kappa shape index (κ2) is 4.92. The van der Waals surface area contributed by atoms with Gasteiger partial charge in [-0.3, -0.25) is 4.79 Å². The van der Waals surface area contributed by atoms with Crippen LogP contribution in [0, 0.1) is 5.41 Å². The van der Waals surface area contributed by atoms with Crippen LogP contribution in [0.3, 0.4) is 0 Å². The summed E-state index contributed by atoms with van der Waals surface area (Å²) in [6.45, 7) is 7.92. The zero-order chi connectivity index (χ0) is 12.2. The number of rotatable bonds is 3. The van der Waals surface area contributed by atoms with Crippen LogP contribution in [-0.4, -0.2) is 22.5 Å². The van der Waals surface area contributed by atoms with Crippen molar-refractivity contribution in [1.82, 2.24) is 9.97 Å². The lowest BCUT2D eigenvalue weighted by atomic mass is 9.96. The minimum Gasteiger partial charge on any atom is -0.464 e. The summed E-state index contributed by atoms with van der Waals surface area (Å²) >= 11 is 0. The highest BCUT2D eigenvalue weighted by molar-refractivity contribution is 5.94. The minimum atomic E-state index is -0.432. The summed E-state index contributed by atoms with van der Waals surface area (Å²) in [5, 5.41) is 2.73. The summed E-state index contributed by atoms with van der Waals surface area (Å²) < 4.78 is 5.10. The Hall–Kier alpha value is -1.65. The van der Waals surface area contributed by atoms with Gasteiger partial charge < -0.3 is 10.1 Å². The molecule has 0 atom stereocenters. The number of carbonyl (C=O) groups is 1. The molecule has 0 bridgehead atoms. The highest BCUT2D eigenvalue weighted by Gasteiger charge is 2.21. The van der Waals surface area contributed by atoms with Crippen LogP contribution >= 0.6 is 0 Å². The van der Waals surface area contributed by atoms with E-state index in [1.807, 2.05) is 27.7 Å². The normalized spacial score (nSPS) is 11.0. The zero-order valence-electron chi connectivity index (χ0n) is 10.1. The van der Waals surface area contributed by atoms with Crippen LogP contribution in [0.15, 0.2) is 12.4 Å². The van der Waals surface area contributed by atoms with Gasteiger partial charge in [0.15, 0.2) is 0 Å². The summed E-state index contributed by atoms with van der Waals surface area (Å²) in [6.07, 6.45) is 3.06. The van der Waals surface area contributed by atoms with Crippen molar-refractivity contribution >= 4 is 11.6 Å². The third kappa shape index (κ3) is 3.49. The van der Waals surface area contributed by atoms with Gasteiger partial charge in [-0.2, -0.15) is 0 Å². The van der Waals surface area contributed by atoms with E-state index in [1.54, 1.807) is 0 Å². The van der Waals surface area contributed by atoms with E-state index in [1.165, 1.54) is 12.4 Å². The average molecular weight is 223 g/mol. The second-order valence-electron chi connectivity index (χ2n) is 4.39. The first-order valence-corrected chi connectivity index (χ1v) is 5.19. The molecule has 0 radical (unpaired) electrons. The molecule has 0 saturated carbocycles. The van der Waals surface area contributed by atoms with Crippen LogP contribution in [0.4, 0.5) is 5.69 Å². The van der Waals surface area contributed by atoms with E-state index in [2.05, 4.69) is 15.3 Å². The minimum absolute atomic E-state index is 0.0692. The van der Waals surface area contributed by atoms with Gasteiger partial charge in [0, 0.05) is 5.41 Å². The van der Waals surface area contributed by atoms with Gasteiger partial charge in [0.25, 0.3) is 0 Å². The lowest BCUT2D eigenvalue weighted by Gasteiger charge is -2.17. The Balaban J connectivity index is 2.65. The van der Waals surface area contributed by atoms with Gasteiger partial charge in [-0.25, -0.2) is 9.97 Å². The van der Waals surface area contributed by atoms with E-state index in [4.69, 9.17) is 4.74 Å². The predicted molar refractivity (Wildman–Crippen MR) is 61.3 cm³/mol. The van der Waals surface area contributed by atoms with Gasteiger partial charge in [0.05, 0.1) is 24.7 Å². The number of carbonyl (C=O) groups excluding carboxylic acids is 1. The predicted octanol–water partition coefficient (Wildman–Crippen LogP) is 1.86. The van der Waals surface area contributed by atoms with E-state index < -0.39 is 5.41 Å². The molecule has 1 aromatic rings. The fourth-order valence-electron chi connectivity index (χ4n) is 0.903. The number of nitrogens with zero attached hydrogens (tertiary/aromatic N) is 2. The van der Waals surface area contributed by atoms with Crippen molar-refractivity contribution in [3.05, 3.63) is 12.4 Å². The standard InChI is InChI=1S/C11H17N3O2/c1-5-16-10-12-6-8(7-13-10)14-9(15)11(2,3)4/h6-7H,5H2,1-4H3,(H,14,15).